The van der Waals surface area contributed by atoms with Gasteiger partial charge in [0.25, 0.3) is 0 Å². The maximum Gasteiger partial charge on any atom is 0.137 e. The molecule has 20 heavy (non-hydrogen) atoms. The van der Waals surface area contributed by atoms with E-state index in [9.17, 15) is 4.39 Å². The molecular weight excluding hydrogens is 271 g/mol. The van der Waals surface area contributed by atoms with Crippen molar-refractivity contribution >= 4 is 11.8 Å². The normalized spacial score (nSPS) is 35.9. The van der Waals surface area contributed by atoms with Crippen LogP contribution in [0.2, 0.25) is 0 Å². The largest absolute Gasteiger partial charge is 0.306 e. The van der Waals surface area contributed by atoms with E-state index in [2.05, 4.69) is 16.3 Å². The number of benzene rings is 1. The lowest BCUT2D eigenvalue weighted by Gasteiger charge is -2.46. The highest BCUT2D eigenvalue weighted by molar-refractivity contribution is 7.99. The fourth-order valence-electron chi connectivity index (χ4n) is 3.97. The van der Waals surface area contributed by atoms with Crippen LogP contribution in [0.5, 0.6) is 0 Å². The third-order valence-electron chi connectivity index (χ3n) is 5.10. The number of halogens is 1. The molecule has 4 heteroatoms. The Morgan fingerprint density at radius 1 is 1.20 bits per heavy atom. The zero-order valence-corrected chi connectivity index (χ0v) is 12.5. The Kier molecular flexibility index (Phi) is 3.49. The van der Waals surface area contributed by atoms with Crippen molar-refractivity contribution < 1.29 is 4.39 Å². The molecule has 0 amide bonds. The Morgan fingerprint density at radius 2 is 2.05 bits per heavy atom. The number of hydrogen-bond acceptors (Lipinski definition) is 3. The van der Waals surface area contributed by atoms with Crippen LogP contribution in [-0.2, 0) is 0 Å². The van der Waals surface area contributed by atoms with E-state index < -0.39 is 0 Å². The van der Waals surface area contributed by atoms with Crippen molar-refractivity contribution in [3.8, 4) is 0 Å². The Balaban J connectivity index is 1.54. The van der Waals surface area contributed by atoms with Crippen molar-refractivity contribution in [2.24, 2.45) is 5.92 Å². The first-order chi connectivity index (χ1) is 9.81. The molecule has 2 unspecified atom stereocenters. The monoisotopic (exact) mass is 292 g/mol. The van der Waals surface area contributed by atoms with Gasteiger partial charge in [0.2, 0.25) is 0 Å². The Bertz CT molecular complexity index is 499. The van der Waals surface area contributed by atoms with Gasteiger partial charge < -0.3 is 10.2 Å². The Morgan fingerprint density at radius 3 is 2.80 bits per heavy atom. The topological polar surface area (TPSA) is 15.3 Å². The zero-order valence-electron chi connectivity index (χ0n) is 11.6. The highest BCUT2D eigenvalue weighted by atomic mass is 32.2. The van der Waals surface area contributed by atoms with Gasteiger partial charge in [-0.2, -0.15) is 0 Å². The molecule has 1 N–H and O–H groups in total. The number of nitrogens with zero attached hydrogens (tertiary/aromatic N) is 1. The predicted molar refractivity (Wildman–Crippen MR) is 80.6 cm³/mol. The summed E-state index contributed by atoms with van der Waals surface area (Å²) in [6.07, 6.45) is 3.77. The molecule has 4 aliphatic rings. The van der Waals surface area contributed by atoms with Crippen LogP contribution in [0.15, 0.2) is 23.1 Å². The molecule has 2 nitrogen and oxygen atoms in total. The van der Waals surface area contributed by atoms with Gasteiger partial charge >= 0.3 is 0 Å². The zero-order chi connectivity index (χ0) is 13.5. The summed E-state index contributed by atoms with van der Waals surface area (Å²) >= 11 is 1.67. The number of rotatable bonds is 2. The van der Waals surface area contributed by atoms with E-state index in [1.165, 1.54) is 38.0 Å². The van der Waals surface area contributed by atoms with Crippen LogP contribution in [0.25, 0.3) is 0 Å². The van der Waals surface area contributed by atoms with E-state index in [1.54, 1.807) is 17.8 Å². The molecule has 4 heterocycles. The first kappa shape index (κ1) is 13.1. The summed E-state index contributed by atoms with van der Waals surface area (Å²) in [6, 6.07) is 6.48. The minimum atomic E-state index is -0.0482. The van der Waals surface area contributed by atoms with Crippen LogP contribution in [0.1, 0.15) is 30.9 Å². The van der Waals surface area contributed by atoms with Crippen molar-refractivity contribution in [2.45, 2.75) is 36.2 Å². The Labute approximate surface area is 124 Å². The van der Waals surface area contributed by atoms with Crippen molar-refractivity contribution in [3.05, 3.63) is 29.6 Å². The molecule has 0 aromatic heterocycles. The van der Waals surface area contributed by atoms with Crippen LogP contribution in [-0.4, -0.2) is 36.3 Å². The summed E-state index contributed by atoms with van der Waals surface area (Å²) in [4.78, 5) is 3.44. The van der Waals surface area contributed by atoms with Gasteiger partial charge in [-0.15, -0.1) is 11.8 Å². The van der Waals surface area contributed by atoms with E-state index in [0.717, 1.165) is 23.0 Å². The first-order valence-electron chi connectivity index (χ1n) is 7.71. The minimum absolute atomic E-state index is 0.0482. The van der Waals surface area contributed by atoms with Gasteiger partial charge in [-0.1, -0.05) is 12.1 Å². The number of piperidine rings is 3. The van der Waals surface area contributed by atoms with Crippen molar-refractivity contribution in [1.29, 1.82) is 0 Å². The molecule has 5 rings (SSSR count). The number of thioether (sulfide) groups is 1. The van der Waals surface area contributed by atoms with Gasteiger partial charge in [-0.05, 0) is 55.7 Å². The second kappa shape index (κ2) is 5.32. The van der Waals surface area contributed by atoms with Crippen LogP contribution in [0.3, 0.4) is 0 Å². The summed E-state index contributed by atoms with van der Waals surface area (Å²) in [5, 5.41) is 3.85. The molecule has 2 atom stereocenters. The van der Waals surface area contributed by atoms with E-state index in [1.807, 2.05) is 6.07 Å². The van der Waals surface area contributed by atoms with Gasteiger partial charge in [0.05, 0.1) is 0 Å². The molecule has 3 saturated heterocycles. The number of fused-ring (bicyclic) bond motifs is 4. The highest BCUT2D eigenvalue weighted by Gasteiger charge is 2.36. The fraction of sp³-hybridized carbons (Fsp3) is 0.625. The van der Waals surface area contributed by atoms with Crippen LogP contribution in [0, 0.1) is 11.7 Å². The van der Waals surface area contributed by atoms with Crippen LogP contribution < -0.4 is 5.32 Å². The standard InChI is InChI=1S/C16H21FN2S/c17-13-3-1-2-12-14(6-9-20-16(12)13)18-15-10-19-7-4-11(15)5-8-19/h1-3,11,14-15,18H,4-10H2. The molecule has 3 fully saturated rings. The van der Waals surface area contributed by atoms with Gasteiger partial charge in [0.15, 0.2) is 0 Å². The van der Waals surface area contributed by atoms with Crippen molar-refractivity contribution in [1.82, 2.24) is 10.2 Å². The third-order valence-corrected chi connectivity index (χ3v) is 6.26. The molecule has 0 saturated carbocycles. The lowest BCUT2D eigenvalue weighted by atomic mass is 9.83. The highest BCUT2D eigenvalue weighted by Crippen LogP contribution is 2.39. The average Bonchev–Trinajstić information content (AvgIpc) is 2.50. The average molecular weight is 292 g/mol. The lowest BCUT2D eigenvalue weighted by molar-refractivity contribution is 0.0664. The van der Waals surface area contributed by atoms with Gasteiger partial charge in [-0.3, -0.25) is 0 Å². The van der Waals surface area contributed by atoms with E-state index >= 15 is 0 Å². The SMILES string of the molecule is Fc1cccc2c1SCCC2NC1CN2CCC1CC2. The number of hydrogen-bond donors (Lipinski definition) is 1. The summed E-state index contributed by atoms with van der Waals surface area (Å²) in [5.41, 5.74) is 1.18. The molecule has 0 aliphatic carbocycles. The molecule has 1 aromatic rings. The van der Waals surface area contributed by atoms with Gasteiger partial charge in [-0.25, -0.2) is 4.39 Å². The summed E-state index contributed by atoms with van der Waals surface area (Å²) in [6.45, 7) is 3.72. The second-order valence-corrected chi connectivity index (χ2v) is 7.36. The molecular formula is C16H21FN2S. The van der Waals surface area contributed by atoms with E-state index in [-0.39, 0.29) is 5.82 Å². The third kappa shape index (κ3) is 2.28. The molecule has 0 spiro atoms. The van der Waals surface area contributed by atoms with Gasteiger partial charge in [0, 0.05) is 23.5 Å². The van der Waals surface area contributed by atoms with Crippen molar-refractivity contribution in [2.75, 3.05) is 25.4 Å². The maximum atomic E-state index is 13.9. The van der Waals surface area contributed by atoms with Crippen LogP contribution >= 0.6 is 11.8 Å². The molecule has 1 aromatic carbocycles. The summed E-state index contributed by atoms with van der Waals surface area (Å²) in [5.74, 6) is 1.80. The predicted octanol–water partition coefficient (Wildman–Crippen LogP) is 3.05. The molecule has 4 aliphatic heterocycles. The maximum absolute atomic E-state index is 13.9. The Hall–Kier alpha value is -0.580. The number of nitrogens with one attached hydrogen (secondary N) is 1. The first-order valence-corrected chi connectivity index (χ1v) is 8.69. The lowest BCUT2D eigenvalue weighted by Crippen LogP contribution is -2.56. The van der Waals surface area contributed by atoms with Crippen LogP contribution in [0.4, 0.5) is 4.39 Å². The minimum Gasteiger partial charge on any atom is -0.306 e. The summed E-state index contributed by atoms with van der Waals surface area (Å²) < 4.78 is 13.9. The molecule has 0 radical (unpaired) electrons. The second-order valence-electron chi connectivity index (χ2n) is 6.26. The van der Waals surface area contributed by atoms with E-state index in [4.69, 9.17) is 0 Å². The van der Waals surface area contributed by atoms with Gasteiger partial charge in [0.1, 0.15) is 5.82 Å². The fourth-order valence-corrected chi connectivity index (χ4v) is 5.11. The van der Waals surface area contributed by atoms with Crippen molar-refractivity contribution in [3.63, 3.8) is 0 Å². The van der Waals surface area contributed by atoms with E-state index in [0.29, 0.717) is 12.1 Å². The summed E-state index contributed by atoms with van der Waals surface area (Å²) in [7, 11) is 0. The smallest absolute Gasteiger partial charge is 0.137 e. The molecule has 2 bridgehead atoms. The quantitative estimate of drug-likeness (QED) is 0.902. The molecule has 108 valence electrons.